The Bertz CT molecular complexity index is 2530. The van der Waals surface area contributed by atoms with Gasteiger partial charge in [0.25, 0.3) is 5.56 Å². The number of anilines is 1. The van der Waals surface area contributed by atoms with Crippen LogP contribution in [0.1, 0.15) is 16.5 Å². The molecule has 9 nitrogen and oxygen atoms in total. The van der Waals surface area contributed by atoms with E-state index in [1.807, 2.05) is 91.9 Å². The van der Waals surface area contributed by atoms with Crippen molar-refractivity contribution in [3.05, 3.63) is 119 Å². The van der Waals surface area contributed by atoms with Crippen LogP contribution < -0.4 is 10.5 Å². The Kier molecular flexibility index (Phi) is 5.57. The van der Waals surface area contributed by atoms with Crippen molar-refractivity contribution < 1.29 is 9.21 Å². The van der Waals surface area contributed by atoms with Crippen LogP contribution in [0, 0.1) is 6.92 Å². The van der Waals surface area contributed by atoms with Gasteiger partial charge in [0.2, 0.25) is 5.91 Å². The Morgan fingerprint density at radius 2 is 1.49 bits per heavy atom. The average molecular weight is 609 g/mol. The van der Waals surface area contributed by atoms with Crippen molar-refractivity contribution in [3.8, 4) is 17.3 Å². The van der Waals surface area contributed by atoms with E-state index in [1.165, 1.54) is 16.3 Å². The molecule has 1 unspecified atom stereocenters. The molecular weight excluding hydrogens is 584 g/mol. The molecule has 1 saturated heterocycles. The van der Waals surface area contributed by atoms with E-state index in [1.54, 1.807) is 11.0 Å². The maximum Gasteiger partial charge on any atom is 0.331 e. The van der Waals surface area contributed by atoms with Crippen molar-refractivity contribution in [2.24, 2.45) is 0 Å². The van der Waals surface area contributed by atoms with Crippen LogP contribution in [0.4, 0.5) is 6.01 Å². The number of H-pyrrole nitrogens is 2. The van der Waals surface area contributed by atoms with E-state index < -0.39 is 5.37 Å². The first-order chi connectivity index (χ1) is 22.1. The van der Waals surface area contributed by atoms with Gasteiger partial charge in [-0.25, -0.2) is 9.47 Å². The van der Waals surface area contributed by atoms with Gasteiger partial charge in [0.1, 0.15) is 5.37 Å². The molecule has 1 amide bonds. The molecular formula is C35H24N6O3S. The van der Waals surface area contributed by atoms with Crippen molar-refractivity contribution in [2.75, 3.05) is 10.7 Å². The lowest BCUT2D eigenvalue weighted by Gasteiger charge is -2.21. The van der Waals surface area contributed by atoms with Gasteiger partial charge in [-0.3, -0.25) is 9.59 Å². The zero-order valence-corrected chi connectivity index (χ0v) is 24.8. The third-order valence-corrected chi connectivity index (χ3v) is 9.68. The molecule has 5 heterocycles. The molecule has 0 spiro atoms. The van der Waals surface area contributed by atoms with Crippen LogP contribution in [0.2, 0.25) is 0 Å². The maximum absolute atomic E-state index is 14.1. The molecule has 0 bridgehead atoms. The van der Waals surface area contributed by atoms with Crippen molar-refractivity contribution in [1.29, 1.82) is 0 Å². The molecule has 10 heteroatoms. The lowest BCUT2D eigenvalue weighted by atomic mass is 10.0. The number of nitrogens with one attached hydrogen (secondary N) is 2. The van der Waals surface area contributed by atoms with E-state index in [-0.39, 0.29) is 29.2 Å². The van der Waals surface area contributed by atoms with Gasteiger partial charge in [-0.05, 0) is 36.8 Å². The lowest BCUT2D eigenvalue weighted by molar-refractivity contribution is -0.116. The number of fused-ring (bicyclic) bond motifs is 6. The second kappa shape index (κ2) is 9.70. The van der Waals surface area contributed by atoms with Gasteiger partial charge in [-0.1, -0.05) is 88.6 Å². The van der Waals surface area contributed by atoms with Crippen molar-refractivity contribution in [1.82, 2.24) is 24.7 Å². The van der Waals surface area contributed by atoms with Gasteiger partial charge in [-0.2, -0.15) is 0 Å². The Hall–Kier alpha value is -5.61. The highest BCUT2D eigenvalue weighted by Crippen LogP contribution is 2.47. The van der Waals surface area contributed by atoms with Crippen LogP contribution in [0.5, 0.6) is 0 Å². The minimum Gasteiger partial charge on any atom is -0.388 e. The summed E-state index contributed by atoms with van der Waals surface area (Å²) in [7, 11) is 0. The fraction of sp³-hybridized carbons (Fsp3) is 0.0857. The van der Waals surface area contributed by atoms with Crippen molar-refractivity contribution in [3.63, 3.8) is 0 Å². The highest BCUT2D eigenvalue weighted by molar-refractivity contribution is 8.00. The minimum absolute atomic E-state index is 0.00109. The molecule has 1 aliphatic heterocycles. The van der Waals surface area contributed by atoms with Crippen LogP contribution >= 0.6 is 11.8 Å². The highest BCUT2D eigenvalue weighted by Gasteiger charge is 2.40. The highest BCUT2D eigenvalue weighted by atomic mass is 32.2. The molecule has 0 saturated carbocycles. The Labute approximate surface area is 259 Å². The standard InChI is InChI=1S/C35H24N6O3S/c1-19-15-16-26-24(17-19)31-30(37-26)21-11-5-6-12-22(21)32(43)41(31)35-39-38-34(44-35)40-27(42)18-45-33(40)28-23-13-7-8-14-25(23)36-29(28)20-9-3-2-4-10-20/h2-17,33,36-37H,18H2,1H3. The van der Waals surface area contributed by atoms with Gasteiger partial charge in [-0.15, -0.1) is 11.8 Å². The largest absolute Gasteiger partial charge is 0.388 e. The number of aryl methyl sites for hydroxylation is 1. The second-order valence-electron chi connectivity index (χ2n) is 11.2. The lowest BCUT2D eigenvalue weighted by Crippen LogP contribution is -2.28. The van der Waals surface area contributed by atoms with E-state index in [2.05, 4.69) is 26.2 Å². The number of hydrogen-bond acceptors (Lipinski definition) is 6. The molecule has 4 aromatic carbocycles. The number of nitrogens with zero attached hydrogens (tertiary/aromatic N) is 4. The first-order valence-electron chi connectivity index (χ1n) is 14.6. The third-order valence-electron chi connectivity index (χ3n) is 8.50. The molecule has 1 aliphatic rings. The summed E-state index contributed by atoms with van der Waals surface area (Å²) in [4.78, 5) is 36.3. The van der Waals surface area contributed by atoms with Gasteiger partial charge in [0.05, 0.1) is 22.5 Å². The molecule has 9 rings (SSSR count). The van der Waals surface area contributed by atoms with Crippen molar-refractivity contribution in [2.45, 2.75) is 12.3 Å². The molecule has 1 atom stereocenters. The zero-order valence-electron chi connectivity index (χ0n) is 23.9. The Morgan fingerprint density at radius 1 is 0.778 bits per heavy atom. The van der Waals surface area contributed by atoms with Gasteiger partial charge in [0, 0.05) is 38.1 Å². The minimum atomic E-state index is -0.429. The number of amides is 1. The van der Waals surface area contributed by atoms with Gasteiger partial charge in [0.15, 0.2) is 0 Å². The van der Waals surface area contributed by atoms with E-state index in [4.69, 9.17) is 4.42 Å². The number of carbonyl (C=O) groups is 1. The molecule has 0 radical (unpaired) electrons. The molecule has 45 heavy (non-hydrogen) atoms. The number of rotatable bonds is 4. The predicted octanol–water partition coefficient (Wildman–Crippen LogP) is 7.24. The molecule has 4 aromatic heterocycles. The summed E-state index contributed by atoms with van der Waals surface area (Å²) in [5, 5.41) is 11.5. The summed E-state index contributed by atoms with van der Waals surface area (Å²) in [6.07, 6.45) is 0. The summed E-state index contributed by atoms with van der Waals surface area (Å²) in [5.41, 5.74) is 6.97. The third kappa shape index (κ3) is 3.82. The van der Waals surface area contributed by atoms with E-state index in [0.29, 0.717) is 10.9 Å². The summed E-state index contributed by atoms with van der Waals surface area (Å²) < 4.78 is 7.77. The van der Waals surface area contributed by atoms with Crippen LogP contribution in [-0.4, -0.2) is 36.4 Å². The number of benzene rings is 4. The first-order valence-corrected chi connectivity index (χ1v) is 15.6. The summed E-state index contributed by atoms with van der Waals surface area (Å²) in [5.74, 6) is 0.0982. The molecule has 8 aromatic rings. The average Bonchev–Trinajstić information content (AvgIpc) is 3.86. The van der Waals surface area contributed by atoms with Crippen LogP contribution in [0.15, 0.2) is 106 Å². The number of thioether (sulfide) groups is 1. The van der Waals surface area contributed by atoms with E-state index in [0.717, 1.165) is 55.1 Å². The predicted molar refractivity (Wildman–Crippen MR) is 178 cm³/mol. The summed E-state index contributed by atoms with van der Waals surface area (Å²) >= 11 is 1.51. The van der Waals surface area contributed by atoms with E-state index in [9.17, 15) is 9.59 Å². The zero-order chi connectivity index (χ0) is 30.2. The Morgan fingerprint density at radius 3 is 2.33 bits per heavy atom. The summed E-state index contributed by atoms with van der Waals surface area (Å²) in [6.45, 7) is 2.01. The number of carbonyl (C=O) groups excluding carboxylic acids is 1. The fourth-order valence-corrected chi connectivity index (χ4v) is 7.71. The maximum atomic E-state index is 14.1. The van der Waals surface area contributed by atoms with Crippen LogP contribution in [-0.2, 0) is 4.79 Å². The van der Waals surface area contributed by atoms with Gasteiger partial charge >= 0.3 is 12.0 Å². The number of para-hydroxylation sites is 1. The first kappa shape index (κ1) is 25.8. The normalized spacial score (nSPS) is 15.4. The number of pyridine rings is 1. The second-order valence-corrected chi connectivity index (χ2v) is 12.3. The molecule has 0 aliphatic carbocycles. The SMILES string of the molecule is Cc1ccc2[nH]c3c4ccccc4c(=O)n(-c4nnc(N5C(=O)CSC5c5c(-c6ccccc6)[nH]c6ccccc56)o4)c3c2c1. The molecule has 1 fully saturated rings. The number of hydrogen-bond donors (Lipinski definition) is 2. The van der Waals surface area contributed by atoms with Crippen molar-refractivity contribution >= 4 is 67.3 Å². The molecule has 218 valence electrons. The van der Waals surface area contributed by atoms with E-state index >= 15 is 0 Å². The number of aromatic nitrogens is 5. The quantitative estimate of drug-likeness (QED) is 0.218. The smallest absolute Gasteiger partial charge is 0.331 e. The Balaban J connectivity index is 1.25. The van der Waals surface area contributed by atoms with Gasteiger partial charge < -0.3 is 14.4 Å². The monoisotopic (exact) mass is 608 g/mol. The summed E-state index contributed by atoms with van der Waals surface area (Å²) in [6, 6.07) is 31.7. The topological polar surface area (TPSA) is 113 Å². The van der Waals surface area contributed by atoms with Crippen LogP contribution in [0.25, 0.3) is 60.9 Å². The number of aromatic amines is 2. The molecule has 2 N–H and O–H groups in total. The van der Waals surface area contributed by atoms with Crippen LogP contribution in [0.3, 0.4) is 0 Å². The fourth-order valence-electron chi connectivity index (χ4n) is 6.50.